The highest BCUT2D eigenvalue weighted by atomic mass is 35.5. The number of rotatable bonds is 7. The first-order chi connectivity index (χ1) is 16.4. The van der Waals surface area contributed by atoms with Gasteiger partial charge < -0.3 is 10.2 Å². The lowest BCUT2D eigenvalue weighted by Crippen LogP contribution is -2.33. The number of hydrogen-bond donors (Lipinski definition) is 1. The maximum Gasteiger partial charge on any atom is 0.416 e. The van der Waals surface area contributed by atoms with Crippen molar-refractivity contribution in [1.29, 1.82) is 0 Å². The summed E-state index contributed by atoms with van der Waals surface area (Å²) in [6.07, 6.45) is -4.13. The second-order valence-electron chi connectivity index (χ2n) is 9.56. The lowest BCUT2D eigenvalue weighted by molar-refractivity contribution is -0.137. The predicted molar refractivity (Wildman–Crippen MR) is 136 cm³/mol. The van der Waals surface area contributed by atoms with Crippen LogP contribution in [-0.2, 0) is 24.6 Å². The summed E-state index contributed by atoms with van der Waals surface area (Å²) in [4.78, 5) is 15.3. The average Bonchev–Trinajstić information content (AvgIpc) is 2.80. The van der Waals surface area contributed by atoms with Crippen molar-refractivity contribution in [3.8, 4) is 0 Å². The van der Waals surface area contributed by atoms with E-state index >= 15 is 0 Å². The molecule has 0 heterocycles. The molecule has 35 heavy (non-hydrogen) atoms. The number of carbonyl (C=O) groups is 1. The maximum atomic E-state index is 13.6. The number of benzene rings is 3. The van der Waals surface area contributed by atoms with Gasteiger partial charge in [-0.05, 0) is 52.8 Å². The van der Waals surface area contributed by atoms with Crippen molar-refractivity contribution in [2.45, 2.75) is 45.3 Å². The van der Waals surface area contributed by atoms with Gasteiger partial charge in [0.15, 0.2) is 0 Å². The smallest absolute Gasteiger partial charge is 0.387 e. The molecule has 186 valence electrons. The molecule has 0 aliphatic carbocycles. The second-order valence-corrected chi connectivity index (χ2v) is 10.00. The van der Waals surface area contributed by atoms with Crippen LogP contribution < -0.4 is 5.32 Å². The molecule has 0 spiro atoms. The van der Waals surface area contributed by atoms with Gasteiger partial charge in [-0.15, -0.1) is 0 Å². The number of anilines is 1. The van der Waals surface area contributed by atoms with E-state index in [1.54, 1.807) is 36.2 Å². The zero-order valence-electron chi connectivity index (χ0n) is 20.3. The van der Waals surface area contributed by atoms with Crippen molar-refractivity contribution >= 4 is 23.2 Å². The van der Waals surface area contributed by atoms with Gasteiger partial charge in [-0.2, -0.15) is 13.2 Å². The summed E-state index contributed by atoms with van der Waals surface area (Å²) in [5.41, 5.74) is 2.97. The quantitative estimate of drug-likeness (QED) is 0.361. The third kappa shape index (κ3) is 7.01. The molecule has 1 amide bonds. The normalized spacial score (nSPS) is 11.9. The van der Waals surface area contributed by atoms with E-state index in [1.807, 2.05) is 24.3 Å². The molecule has 3 aromatic rings. The van der Waals surface area contributed by atoms with Crippen molar-refractivity contribution in [2.75, 3.05) is 18.9 Å². The van der Waals surface area contributed by atoms with Gasteiger partial charge in [0.2, 0.25) is 0 Å². The summed E-state index contributed by atoms with van der Waals surface area (Å²) >= 11 is 6.17. The minimum absolute atomic E-state index is 0.0000206. The second kappa shape index (κ2) is 10.7. The monoisotopic (exact) mass is 502 g/mol. The highest BCUT2D eigenvalue weighted by molar-refractivity contribution is 6.31. The summed E-state index contributed by atoms with van der Waals surface area (Å²) in [5.74, 6) is -0.247. The fraction of sp³-hybridized carbons (Fsp3) is 0.321. The molecule has 0 bridgehead atoms. The number of nitrogens with one attached hydrogen (secondary N) is 1. The van der Waals surface area contributed by atoms with E-state index in [0.717, 1.165) is 17.7 Å². The van der Waals surface area contributed by atoms with E-state index in [9.17, 15) is 18.0 Å². The van der Waals surface area contributed by atoms with Gasteiger partial charge in [0.05, 0.1) is 11.1 Å². The summed E-state index contributed by atoms with van der Waals surface area (Å²) < 4.78 is 39.5. The van der Waals surface area contributed by atoms with Gasteiger partial charge in [-0.25, -0.2) is 0 Å². The van der Waals surface area contributed by atoms with Crippen LogP contribution in [0.25, 0.3) is 0 Å². The fourth-order valence-electron chi connectivity index (χ4n) is 3.83. The van der Waals surface area contributed by atoms with Crippen LogP contribution in [0.1, 0.15) is 53.4 Å². The van der Waals surface area contributed by atoms with E-state index in [-0.39, 0.29) is 24.3 Å². The largest absolute Gasteiger partial charge is 0.416 e. The summed E-state index contributed by atoms with van der Waals surface area (Å²) in [6.45, 7) is 6.96. The van der Waals surface area contributed by atoms with Crippen molar-refractivity contribution in [2.24, 2.45) is 0 Å². The van der Waals surface area contributed by atoms with Crippen LogP contribution in [0.15, 0.2) is 66.7 Å². The molecule has 7 heteroatoms. The molecule has 0 aliphatic heterocycles. The van der Waals surface area contributed by atoms with Crippen LogP contribution in [0.5, 0.6) is 0 Å². The molecular formula is C28H30ClF3N2O. The molecule has 0 fully saturated rings. The number of halogens is 4. The summed E-state index contributed by atoms with van der Waals surface area (Å²) in [5, 5.41) is 3.44. The van der Waals surface area contributed by atoms with Crippen molar-refractivity contribution < 1.29 is 18.0 Å². The number of amides is 1. The van der Waals surface area contributed by atoms with E-state index in [4.69, 9.17) is 11.6 Å². The number of hydrogen-bond acceptors (Lipinski definition) is 2. The van der Waals surface area contributed by atoms with E-state index < -0.39 is 11.7 Å². The Morgan fingerprint density at radius 3 is 2.20 bits per heavy atom. The Bertz CT molecular complexity index is 1170. The molecule has 0 aliphatic rings. The Balaban J connectivity index is 1.90. The summed E-state index contributed by atoms with van der Waals surface area (Å²) in [7, 11) is 1.72. The first kappa shape index (κ1) is 26.6. The van der Waals surface area contributed by atoms with E-state index in [1.165, 1.54) is 11.6 Å². The highest BCUT2D eigenvalue weighted by Gasteiger charge is 2.30. The van der Waals surface area contributed by atoms with Crippen LogP contribution >= 0.6 is 11.6 Å². The Labute approximate surface area is 209 Å². The molecule has 0 aromatic heterocycles. The molecule has 0 radical (unpaired) electrons. The first-order valence-corrected chi connectivity index (χ1v) is 11.8. The number of nitrogens with zero attached hydrogens (tertiary/aromatic N) is 1. The topological polar surface area (TPSA) is 32.3 Å². The zero-order valence-corrected chi connectivity index (χ0v) is 21.1. The molecule has 3 aromatic carbocycles. The van der Waals surface area contributed by atoms with E-state index in [2.05, 4.69) is 26.1 Å². The lowest BCUT2D eigenvalue weighted by atomic mass is 9.87. The summed E-state index contributed by atoms with van der Waals surface area (Å²) in [6, 6.07) is 18.3. The molecule has 0 unspecified atom stereocenters. The van der Waals surface area contributed by atoms with Crippen LogP contribution in [0, 0.1) is 0 Å². The zero-order chi connectivity index (χ0) is 25.8. The van der Waals surface area contributed by atoms with Gasteiger partial charge in [0, 0.05) is 30.8 Å². The SMILES string of the molecule is CNc1ccc(Cl)cc1C(=O)N(CCc1cccc(C(F)(F)F)c1)Cc1ccc(C(C)(C)C)cc1. The minimum atomic E-state index is -4.41. The van der Waals surface area contributed by atoms with Crippen LogP contribution in [0.3, 0.4) is 0 Å². The van der Waals surface area contributed by atoms with Gasteiger partial charge in [-0.3, -0.25) is 4.79 Å². The van der Waals surface area contributed by atoms with Gasteiger partial charge >= 0.3 is 6.18 Å². The molecule has 0 saturated heterocycles. The Hall–Kier alpha value is -2.99. The van der Waals surface area contributed by atoms with Crippen LogP contribution in [0.4, 0.5) is 18.9 Å². The fourth-order valence-corrected chi connectivity index (χ4v) is 4.00. The van der Waals surface area contributed by atoms with Crippen LogP contribution in [-0.4, -0.2) is 24.4 Å². The average molecular weight is 503 g/mol. The Morgan fingerprint density at radius 1 is 0.914 bits per heavy atom. The first-order valence-electron chi connectivity index (χ1n) is 11.4. The predicted octanol–water partition coefficient (Wildman–Crippen LogP) is 7.58. The minimum Gasteiger partial charge on any atom is -0.387 e. The molecule has 0 atom stereocenters. The van der Waals surface area contributed by atoms with Crippen molar-refractivity contribution in [3.05, 3.63) is 99.6 Å². The standard InChI is InChI=1S/C28H30ClF3N2O/c1-27(2,3)21-10-8-20(9-11-21)18-34(26(35)24-17-23(29)12-13-25(24)33-4)15-14-19-6-5-7-22(16-19)28(30,31)32/h5-13,16-17,33H,14-15,18H2,1-4H3. The Kier molecular flexibility index (Phi) is 8.16. The third-order valence-electron chi connectivity index (χ3n) is 5.89. The van der Waals surface area contributed by atoms with Gasteiger partial charge in [0.25, 0.3) is 5.91 Å². The molecule has 1 N–H and O–H groups in total. The van der Waals surface area contributed by atoms with Crippen molar-refractivity contribution in [3.63, 3.8) is 0 Å². The maximum absolute atomic E-state index is 13.6. The molecule has 3 rings (SSSR count). The highest BCUT2D eigenvalue weighted by Crippen LogP contribution is 2.30. The van der Waals surface area contributed by atoms with Crippen molar-refractivity contribution in [1.82, 2.24) is 4.90 Å². The van der Waals surface area contributed by atoms with Crippen LogP contribution in [0.2, 0.25) is 5.02 Å². The molecular weight excluding hydrogens is 473 g/mol. The molecule has 3 nitrogen and oxygen atoms in total. The van der Waals surface area contributed by atoms with E-state index in [0.29, 0.717) is 28.4 Å². The Morgan fingerprint density at radius 2 is 1.60 bits per heavy atom. The van der Waals surface area contributed by atoms with Gasteiger partial charge in [-0.1, -0.05) is 74.8 Å². The van der Waals surface area contributed by atoms with Gasteiger partial charge in [0.1, 0.15) is 0 Å². The molecule has 0 saturated carbocycles. The lowest BCUT2D eigenvalue weighted by Gasteiger charge is -2.25. The number of alkyl halides is 3. The number of carbonyl (C=O) groups excluding carboxylic acids is 1. The third-order valence-corrected chi connectivity index (χ3v) is 6.12.